The Kier molecular flexibility index (Phi) is 1.51. The highest BCUT2D eigenvalue weighted by molar-refractivity contribution is 8.45. The summed E-state index contributed by atoms with van der Waals surface area (Å²) in [4.78, 5) is 0. The minimum Gasteiger partial charge on any atom is -0.516 e. The first-order chi connectivity index (χ1) is 4.04. The second kappa shape index (κ2) is 1.58. The van der Waals surface area contributed by atoms with Crippen LogP contribution in [0.2, 0.25) is 0 Å². The van der Waals surface area contributed by atoms with E-state index in [9.17, 15) is 19.4 Å². The van der Waals surface area contributed by atoms with Gasteiger partial charge in [0, 0.05) is 0 Å². The molecule has 0 bridgehead atoms. The third-order valence-electron chi connectivity index (χ3n) is 0.517. The van der Waals surface area contributed by atoms with Crippen LogP contribution < -0.4 is 0 Å². The van der Waals surface area contributed by atoms with Crippen LogP contribution in [0.1, 0.15) is 0 Å². The molecule has 0 saturated heterocycles. The van der Waals surface area contributed by atoms with Gasteiger partial charge in [-0.3, -0.25) is 0 Å². The molecule has 0 fully saturated rings. The smallest absolute Gasteiger partial charge is 0.289 e. The summed E-state index contributed by atoms with van der Waals surface area (Å²) in [5.41, 5.74) is 0. The highest BCUT2D eigenvalue weighted by Gasteiger charge is 2.62. The molecule has 0 heterocycles. The molecule has 0 amide bonds. The van der Waals surface area contributed by atoms with Crippen molar-refractivity contribution >= 4 is 10.2 Å². The molecule has 0 saturated carbocycles. The molecule has 0 rings (SSSR count). The molecule has 0 aliphatic heterocycles. The van der Waals surface area contributed by atoms with Crippen molar-refractivity contribution in [3.05, 3.63) is 12.3 Å². The van der Waals surface area contributed by atoms with E-state index in [1.54, 1.807) is 0 Å². The lowest BCUT2D eigenvalue weighted by Gasteiger charge is -2.39. The van der Waals surface area contributed by atoms with Crippen molar-refractivity contribution in [2.24, 2.45) is 0 Å². The zero-order chi connectivity index (χ0) is 8.53. The highest BCUT2D eigenvalue weighted by Crippen LogP contribution is 2.97. The van der Waals surface area contributed by atoms with E-state index in [1.807, 2.05) is 0 Å². The first-order valence-corrected chi connectivity index (χ1v) is 4.18. The van der Waals surface area contributed by atoms with E-state index in [0.717, 1.165) is 0 Å². The summed E-state index contributed by atoms with van der Waals surface area (Å²) in [6.07, 6.45) is -0.0978. The molecular formula is C3H5F5OS. The summed E-state index contributed by atoms with van der Waals surface area (Å²) < 4.78 is 56.2. The molecule has 0 aromatic heterocycles. The summed E-state index contributed by atoms with van der Waals surface area (Å²) in [6.45, 7) is 0. The lowest BCUT2D eigenvalue weighted by molar-refractivity contribution is 0.369. The molecule has 0 radical (unpaired) electrons. The van der Waals surface area contributed by atoms with Gasteiger partial charge in [-0.2, -0.15) is 0 Å². The Morgan fingerprint density at radius 3 is 1.60 bits per heavy atom. The predicted octanol–water partition coefficient (Wildman–Crippen LogP) is 3.36. The van der Waals surface area contributed by atoms with E-state index >= 15 is 0 Å². The topological polar surface area (TPSA) is 20.2 Å². The summed E-state index contributed by atoms with van der Waals surface area (Å²) in [7, 11) is -9.30. The van der Waals surface area contributed by atoms with E-state index < -0.39 is 16.0 Å². The first-order valence-electron chi connectivity index (χ1n) is 2.06. The fraction of sp³-hybridized carbons (Fsp3) is 0.333. The van der Waals surface area contributed by atoms with Gasteiger partial charge in [0.25, 0.3) is 10.2 Å². The summed E-state index contributed by atoms with van der Waals surface area (Å²) in [5.74, 6) is -2.35. The zero-order valence-corrected chi connectivity index (χ0v) is 5.42. The standard InChI is InChI=1S/C3H5F5OS/c4-10(5,6,7,8)3-1-2-9/h1-2,9H,3H2. The largest absolute Gasteiger partial charge is 0.516 e. The van der Waals surface area contributed by atoms with E-state index in [4.69, 9.17) is 5.11 Å². The Morgan fingerprint density at radius 2 is 1.50 bits per heavy atom. The molecule has 1 nitrogen and oxygen atoms in total. The Balaban J connectivity index is 4.43. The molecule has 1 N–H and O–H groups in total. The van der Waals surface area contributed by atoms with Crippen LogP contribution in [0.4, 0.5) is 19.4 Å². The second-order valence-electron chi connectivity index (χ2n) is 1.68. The normalized spacial score (nSPS) is 20.5. The van der Waals surface area contributed by atoms with Crippen molar-refractivity contribution in [2.45, 2.75) is 0 Å². The lowest BCUT2D eigenvalue weighted by Crippen LogP contribution is -2.08. The van der Waals surface area contributed by atoms with Crippen molar-refractivity contribution < 1.29 is 24.5 Å². The maximum absolute atomic E-state index is 11.2. The molecular weight excluding hydrogens is 179 g/mol. The Hall–Kier alpha value is -0.460. The van der Waals surface area contributed by atoms with Gasteiger partial charge in [0.05, 0.1) is 6.26 Å². The summed E-state index contributed by atoms with van der Waals surface area (Å²) in [6, 6.07) is 0. The predicted molar refractivity (Wildman–Crippen MR) is 29.8 cm³/mol. The van der Waals surface area contributed by atoms with Gasteiger partial charge >= 0.3 is 0 Å². The first kappa shape index (κ1) is 9.54. The van der Waals surface area contributed by atoms with Crippen LogP contribution in [-0.2, 0) is 0 Å². The van der Waals surface area contributed by atoms with Crippen LogP contribution in [-0.4, -0.2) is 10.9 Å². The van der Waals surface area contributed by atoms with E-state index in [1.165, 1.54) is 0 Å². The third kappa shape index (κ3) is 7.54. The maximum atomic E-state index is 11.2. The third-order valence-corrected chi connectivity index (χ3v) is 1.34. The van der Waals surface area contributed by atoms with E-state index in [0.29, 0.717) is 0 Å². The zero-order valence-electron chi connectivity index (χ0n) is 4.61. The summed E-state index contributed by atoms with van der Waals surface area (Å²) >= 11 is 0. The molecule has 10 heavy (non-hydrogen) atoms. The molecule has 64 valence electrons. The Bertz CT molecular complexity index is 153. The quantitative estimate of drug-likeness (QED) is 0.515. The molecule has 0 atom stereocenters. The van der Waals surface area contributed by atoms with Gasteiger partial charge in [-0.25, -0.2) is 0 Å². The van der Waals surface area contributed by atoms with E-state index in [2.05, 4.69) is 0 Å². The van der Waals surface area contributed by atoms with Gasteiger partial charge in [0.2, 0.25) is 0 Å². The number of aliphatic hydroxyl groups excluding tert-OH is 1. The van der Waals surface area contributed by atoms with Crippen molar-refractivity contribution in [3.63, 3.8) is 0 Å². The van der Waals surface area contributed by atoms with Crippen LogP contribution in [0.5, 0.6) is 0 Å². The van der Waals surface area contributed by atoms with Crippen LogP contribution in [0.25, 0.3) is 0 Å². The fourth-order valence-electron chi connectivity index (χ4n) is 0.225. The van der Waals surface area contributed by atoms with Gasteiger partial charge in [-0.15, -0.1) is 0 Å². The van der Waals surface area contributed by atoms with Gasteiger partial charge in [-0.05, 0) is 6.08 Å². The lowest BCUT2D eigenvalue weighted by atomic mass is 10.7. The SMILES string of the molecule is OC=CCS(F)(F)(F)(F)F. The molecule has 0 aromatic rings. The molecule has 7 heteroatoms. The molecule has 0 spiro atoms. The number of hydrogen-bond acceptors (Lipinski definition) is 1. The van der Waals surface area contributed by atoms with Crippen molar-refractivity contribution in [1.29, 1.82) is 0 Å². The van der Waals surface area contributed by atoms with Crippen LogP contribution in [0.3, 0.4) is 0 Å². The molecule has 0 unspecified atom stereocenters. The van der Waals surface area contributed by atoms with Gasteiger partial charge in [0.15, 0.2) is 0 Å². The second-order valence-corrected chi connectivity index (χ2v) is 4.27. The van der Waals surface area contributed by atoms with Gasteiger partial charge < -0.3 is 5.11 Å². The summed E-state index contributed by atoms with van der Waals surface area (Å²) in [5, 5.41) is 7.66. The minimum atomic E-state index is -9.30. The molecule has 0 aliphatic rings. The van der Waals surface area contributed by atoms with Crippen molar-refractivity contribution in [3.8, 4) is 0 Å². The average Bonchev–Trinajstić information content (AvgIpc) is 1.55. The van der Waals surface area contributed by atoms with Crippen LogP contribution in [0, 0.1) is 0 Å². The van der Waals surface area contributed by atoms with Gasteiger partial charge in [-0.1, -0.05) is 19.4 Å². The van der Waals surface area contributed by atoms with E-state index in [-0.39, 0.29) is 12.3 Å². The Morgan fingerprint density at radius 1 is 1.10 bits per heavy atom. The van der Waals surface area contributed by atoms with Crippen molar-refractivity contribution in [2.75, 3.05) is 5.75 Å². The monoisotopic (exact) mass is 184 g/mol. The van der Waals surface area contributed by atoms with Crippen LogP contribution in [0.15, 0.2) is 12.3 Å². The number of halogens is 5. The Labute approximate surface area is 53.9 Å². The van der Waals surface area contributed by atoms with Crippen LogP contribution >= 0.6 is 10.2 Å². The average molecular weight is 184 g/mol. The van der Waals surface area contributed by atoms with Crippen molar-refractivity contribution in [1.82, 2.24) is 0 Å². The minimum absolute atomic E-state index is 0.0401. The number of hydrogen-bond donors (Lipinski definition) is 1. The maximum Gasteiger partial charge on any atom is 0.289 e. The fourth-order valence-corrected chi connectivity index (χ4v) is 0.675. The van der Waals surface area contributed by atoms with Gasteiger partial charge in [0.1, 0.15) is 5.75 Å². The number of rotatable bonds is 2. The molecule has 0 aliphatic carbocycles. The number of aliphatic hydroxyl groups is 1. The highest BCUT2D eigenvalue weighted by atomic mass is 32.5. The molecule has 0 aromatic carbocycles.